The summed E-state index contributed by atoms with van der Waals surface area (Å²) < 4.78 is 72.0. The lowest BCUT2D eigenvalue weighted by molar-refractivity contribution is -0.138. The van der Waals surface area contributed by atoms with Gasteiger partial charge in [0.1, 0.15) is 4.90 Å². The molecule has 0 heterocycles. The van der Waals surface area contributed by atoms with E-state index in [1.165, 1.54) is 0 Å². The van der Waals surface area contributed by atoms with Gasteiger partial charge in [-0.1, -0.05) is 0 Å². The van der Waals surface area contributed by atoms with Crippen LogP contribution in [-0.2, 0) is 21.1 Å². The van der Waals surface area contributed by atoms with Crippen molar-refractivity contribution in [3.8, 4) is 5.75 Å². The van der Waals surface area contributed by atoms with Crippen LogP contribution >= 0.6 is 0 Å². The Morgan fingerprint density at radius 2 is 1.89 bits per heavy atom. The Bertz CT molecular complexity index is 576. The Morgan fingerprint density at radius 1 is 1.33 bits per heavy atom. The highest BCUT2D eigenvalue weighted by atomic mass is 32.2. The van der Waals surface area contributed by atoms with Crippen molar-refractivity contribution in [3.63, 3.8) is 0 Å². The molecule has 0 amide bonds. The van der Waals surface area contributed by atoms with Crippen molar-refractivity contribution in [1.29, 1.82) is 0 Å². The van der Waals surface area contributed by atoms with Gasteiger partial charge in [0, 0.05) is 6.92 Å². The third kappa shape index (κ3) is 3.44. The Kier molecular flexibility index (Phi) is 3.67. The first kappa shape index (κ1) is 14.5. The predicted molar refractivity (Wildman–Crippen MR) is 52.6 cm³/mol. The van der Waals surface area contributed by atoms with Crippen molar-refractivity contribution < 1.29 is 35.7 Å². The average molecular weight is 284 g/mol. The van der Waals surface area contributed by atoms with E-state index in [2.05, 4.69) is 4.74 Å². The highest BCUT2D eigenvalue weighted by molar-refractivity contribution is 7.86. The van der Waals surface area contributed by atoms with Gasteiger partial charge in [0.15, 0.2) is 5.75 Å². The molecule has 18 heavy (non-hydrogen) atoms. The summed E-state index contributed by atoms with van der Waals surface area (Å²) in [6.07, 6.45) is -4.73. The van der Waals surface area contributed by atoms with Crippen LogP contribution in [0.15, 0.2) is 23.1 Å². The van der Waals surface area contributed by atoms with Gasteiger partial charge in [0.2, 0.25) is 0 Å². The molecule has 0 unspecified atom stereocenters. The number of hydrogen-bond acceptors (Lipinski definition) is 4. The van der Waals surface area contributed by atoms with Crippen LogP contribution in [0.1, 0.15) is 12.5 Å². The lowest BCUT2D eigenvalue weighted by Crippen LogP contribution is -2.11. The van der Waals surface area contributed by atoms with Crippen LogP contribution in [0.5, 0.6) is 5.75 Å². The third-order valence-electron chi connectivity index (χ3n) is 1.80. The fourth-order valence-electron chi connectivity index (χ4n) is 1.13. The van der Waals surface area contributed by atoms with Crippen LogP contribution < -0.4 is 4.74 Å². The fraction of sp³-hybridized carbons (Fsp3) is 0.222. The molecule has 0 saturated heterocycles. The van der Waals surface area contributed by atoms with Crippen LogP contribution in [0.3, 0.4) is 0 Å². The molecule has 1 aromatic rings. The largest absolute Gasteiger partial charge is 0.425 e. The van der Waals surface area contributed by atoms with Crippen LogP contribution in [0.2, 0.25) is 0 Å². The molecule has 0 fully saturated rings. The number of hydrogen-bond donors (Lipinski definition) is 1. The molecule has 0 aliphatic heterocycles. The Morgan fingerprint density at radius 3 is 2.28 bits per heavy atom. The van der Waals surface area contributed by atoms with Crippen molar-refractivity contribution >= 4 is 16.1 Å². The van der Waals surface area contributed by atoms with Gasteiger partial charge in [-0.15, -0.1) is 0 Å². The minimum Gasteiger partial charge on any atom is -0.425 e. The number of rotatable bonds is 2. The predicted octanol–water partition coefficient (Wildman–Crippen LogP) is 1.88. The number of carbonyl (C=O) groups is 1. The number of alkyl halides is 3. The molecule has 0 saturated carbocycles. The Balaban J connectivity index is 3.44. The quantitative estimate of drug-likeness (QED) is 0.509. The number of benzene rings is 1. The van der Waals surface area contributed by atoms with Crippen molar-refractivity contribution in [2.24, 2.45) is 0 Å². The minimum atomic E-state index is -4.79. The first-order chi connectivity index (χ1) is 8.01. The summed E-state index contributed by atoms with van der Waals surface area (Å²) in [6, 6.07) is 1.29. The molecule has 0 bridgehead atoms. The van der Waals surface area contributed by atoms with Gasteiger partial charge in [-0.25, -0.2) is 0 Å². The highest BCUT2D eigenvalue weighted by Gasteiger charge is 2.32. The van der Waals surface area contributed by atoms with E-state index in [-0.39, 0.29) is 0 Å². The summed E-state index contributed by atoms with van der Waals surface area (Å²) in [7, 11) is -4.79. The van der Waals surface area contributed by atoms with Crippen LogP contribution in [-0.4, -0.2) is 18.9 Å². The smallest absolute Gasteiger partial charge is 0.416 e. The van der Waals surface area contributed by atoms with Gasteiger partial charge in [0.05, 0.1) is 5.56 Å². The molecule has 0 spiro atoms. The number of ether oxygens (including phenoxy) is 1. The summed E-state index contributed by atoms with van der Waals surface area (Å²) in [5.74, 6) is -1.89. The molecule has 0 aliphatic rings. The van der Waals surface area contributed by atoms with Gasteiger partial charge in [-0.2, -0.15) is 21.6 Å². The molecule has 1 N–H and O–H groups in total. The van der Waals surface area contributed by atoms with Crippen LogP contribution in [0, 0.1) is 0 Å². The number of carbonyl (C=O) groups excluding carboxylic acids is 1. The molecule has 0 aromatic heterocycles. The maximum absolute atomic E-state index is 12.4. The highest BCUT2D eigenvalue weighted by Crippen LogP contribution is 2.34. The maximum Gasteiger partial charge on any atom is 0.416 e. The summed E-state index contributed by atoms with van der Waals surface area (Å²) in [5, 5.41) is 0. The van der Waals surface area contributed by atoms with E-state index >= 15 is 0 Å². The third-order valence-corrected chi connectivity index (χ3v) is 2.70. The van der Waals surface area contributed by atoms with E-state index < -0.39 is 38.5 Å². The molecular weight excluding hydrogens is 277 g/mol. The summed E-state index contributed by atoms with van der Waals surface area (Å²) in [5.41, 5.74) is -1.20. The molecule has 0 radical (unpaired) electrons. The second-order valence-corrected chi connectivity index (χ2v) is 4.62. The average Bonchev–Trinajstić information content (AvgIpc) is 2.13. The SMILES string of the molecule is CC(=O)Oc1cc(C(F)(F)F)ccc1S(=O)(=O)O. The van der Waals surface area contributed by atoms with Crippen molar-refractivity contribution in [3.05, 3.63) is 23.8 Å². The van der Waals surface area contributed by atoms with E-state index in [0.29, 0.717) is 18.2 Å². The van der Waals surface area contributed by atoms with Gasteiger partial charge >= 0.3 is 12.1 Å². The second-order valence-electron chi connectivity index (χ2n) is 3.23. The van der Waals surface area contributed by atoms with E-state index in [1.807, 2.05) is 0 Å². The number of halogens is 3. The normalized spacial score (nSPS) is 12.3. The monoisotopic (exact) mass is 284 g/mol. The van der Waals surface area contributed by atoms with E-state index in [1.54, 1.807) is 0 Å². The van der Waals surface area contributed by atoms with Crippen LogP contribution in [0.4, 0.5) is 13.2 Å². The molecule has 100 valence electrons. The van der Waals surface area contributed by atoms with Gasteiger partial charge in [0.25, 0.3) is 10.1 Å². The first-order valence-corrected chi connectivity index (χ1v) is 5.83. The fourth-order valence-corrected chi connectivity index (χ4v) is 1.73. The Hall–Kier alpha value is -1.61. The number of esters is 1. The van der Waals surface area contributed by atoms with E-state index in [9.17, 15) is 26.4 Å². The summed E-state index contributed by atoms with van der Waals surface area (Å²) in [4.78, 5) is 9.76. The zero-order chi connectivity index (χ0) is 14.1. The zero-order valence-corrected chi connectivity index (χ0v) is 9.67. The Labute approximate surface area is 99.9 Å². The zero-order valence-electron chi connectivity index (χ0n) is 8.85. The molecule has 1 rings (SSSR count). The first-order valence-electron chi connectivity index (χ1n) is 4.39. The molecular formula is C9H7F3O5S. The molecule has 9 heteroatoms. The molecule has 0 aliphatic carbocycles. The molecule has 0 atom stereocenters. The van der Waals surface area contributed by atoms with E-state index in [0.717, 1.165) is 6.92 Å². The second kappa shape index (κ2) is 4.58. The van der Waals surface area contributed by atoms with Crippen molar-refractivity contribution in [2.45, 2.75) is 18.0 Å². The summed E-state index contributed by atoms with van der Waals surface area (Å²) in [6.45, 7) is 0.883. The van der Waals surface area contributed by atoms with Crippen LogP contribution in [0.25, 0.3) is 0 Å². The minimum absolute atomic E-state index is 0.324. The molecule has 1 aromatic carbocycles. The topological polar surface area (TPSA) is 80.7 Å². The standard InChI is InChI=1S/C9H7F3O5S/c1-5(13)17-7-4-6(9(10,11)12)2-3-8(7)18(14,15)16/h2-4H,1H3,(H,14,15,16). The van der Waals surface area contributed by atoms with E-state index in [4.69, 9.17) is 4.55 Å². The van der Waals surface area contributed by atoms with Crippen molar-refractivity contribution in [2.75, 3.05) is 0 Å². The lowest BCUT2D eigenvalue weighted by atomic mass is 10.2. The van der Waals surface area contributed by atoms with Crippen molar-refractivity contribution in [1.82, 2.24) is 0 Å². The van der Waals surface area contributed by atoms with Gasteiger partial charge in [-0.3, -0.25) is 9.35 Å². The molecule has 5 nitrogen and oxygen atoms in total. The van der Waals surface area contributed by atoms with Gasteiger partial charge in [-0.05, 0) is 18.2 Å². The lowest BCUT2D eigenvalue weighted by Gasteiger charge is -2.11. The summed E-state index contributed by atoms with van der Waals surface area (Å²) >= 11 is 0. The maximum atomic E-state index is 12.4. The van der Waals surface area contributed by atoms with Gasteiger partial charge < -0.3 is 4.74 Å².